The van der Waals surface area contributed by atoms with Crippen LogP contribution < -0.4 is 10.1 Å². The number of rotatable bonds is 6. The minimum Gasteiger partial charge on any atom is -0.483 e. The van der Waals surface area contributed by atoms with Crippen LogP contribution in [0.4, 0.5) is 0 Å². The Hall–Kier alpha value is -1.63. The van der Waals surface area contributed by atoms with Gasteiger partial charge in [-0.15, -0.1) is 12.4 Å². The number of hydrogen-bond acceptors (Lipinski definition) is 6. The zero-order valence-electron chi connectivity index (χ0n) is 15.1. The number of aromatic nitrogens is 2. The van der Waals surface area contributed by atoms with Gasteiger partial charge in [0, 0.05) is 19.6 Å². The smallest absolute Gasteiger partial charge is 0.264 e. The molecule has 0 aliphatic carbocycles. The first-order valence-corrected chi connectivity index (χ1v) is 8.64. The van der Waals surface area contributed by atoms with Gasteiger partial charge in [-0.25, -0.2) is 0 Å². The second kappa shape index (κ2) is 9.17. The molecule has 25 heavy (non-hydrogen) atoms. The molecule has 0 radical (unpaired) electrons. The Bertz CT molecular complexity index is 664. The van der Waals surface area contributed by atoms with E-state index >= 15 is 0 Å². The number of ether oxygens (including phenoxy) is 1. The third kappa shape index (κ3) is 4.71. The molecule has 1 aliphatic heterocycles. The zero-order chi connectivity index (χ0) is 16.9. The summed E-state index contributed by atoms with van der Waals surface area (Å²) in [6.07, 6.45) is 1.08. The molecule has 2 heterocycles. The summed E-state index contributed by atoms with van der Waals surface area (Å²) >= 11 is 0. The van der Waals surface area contributed by atoms with Gasteiger partial charge in [0.25, 0.3) is 5.89 Å². The monoisotopic (exact) mass is 366 g/mol. The summed E-state index contributed by atoms with van der Waals surface area (Å²) in [6.45, 7) is 7.50. The standard InChI is InChI=1S/C18H26N4O2.ClH/c1-4-13(2)14-7-5-6-8-16(14)23-12-17-20-18(21-24-17)15-11-19-9-10-22(15)3;/h5-8,13,15,19H,4,9-12H2,1-3H3;1H. The summed E-state index contributed by atoms with van der Waals surface area (Å²) in [4.78, 5) is 6.75. The maximum atomic E-state index is 5.95. The molecule has 0 saturated carbocycles. The molecule has 1 aromatic carbocycles. The SMILES string of the molecule is CCC(C)c1ccccc1OCc1nc(C2CNCCN2C)no1.Cl. The number of para-hydroxylation sites is 1. The highest BCUT2D eigenvalue weighted by Gasteiger charge is 2.25. The van der Waals surface area contributed by atoms with Gasteiger partial charge >= 0.3 is 0 Å². The van der Waals surface area contributed by atoms with Crippen LogP contribution in [0.15, 0.2) is 28.8 Å². The van der Waals surface area contributed by atoms with Gasteiger partial charge in [0.2, 0.25) is 0 Å². The molecule has 1 fully saturated rings. The summed E-state index contributed by atoms with van der Waals surface area (Å²) in [6, 6.07) is 8.31. The predicted octanol–water partition coefficient (Wildman–Crippen LogP) is 3.16. The molecule has 2 aromatic rings. The van der Waals surface area contributed by atoms with Gasteiger partial charge in [-0.2, -0.15) is 4.98 Å². The van der Waals surface area contributed by atoms with Gasteiger partial charge in [-0.05, 0) is 31.0 Å². The van der Waals surface area contributed by atoms with Gasteiger partial charge in [0.1, 0.15) is 5.75 Å². The second-order valence-electron chi connectivity index (χ2n) is 6.38. The first kappa shape index (κ1) is 19.7. The molecule has 2 atom stereocenters. The van der Waals surface area contributed by atoms with E-state index in [0.29, 0.717) is 18.4 Å². The molecule has 2 unspecified atom stereocenters. The lowest BCUT2D eigenvalue weighted by Crippen LogP contribution is -2.44. The number of piperazine rings is 1. The van der Waals surface area contributed by atoms with Gasteiger partial charge in [-0.1, -0.05) is 37.2 Å². The summed E-state index contributed by atoms with van der Waals surface area (Å²) < 4.78 is 11.3. The van der Waals surface area contributed by atoms with Crippen molar-refractivity contribution in [1.29, 1.82) is 0 Å². The molecule has 1 N–H and O–H groups in total. The maximum Gasteiger partial charge on any atom is 0.264 e. The van der Waals surface area contributed by atoms with Crippen LogP contribution in [0.5, 0.6) is 5.75 Å². The molecule has 1 aromatic heterocycles. The van der Waals surface area contributed by atoms with Crippen LogP contribution >= 0.6 is 12.4 Å². The van der Waals surface area contributed by atoms with Gasteiger partial charge in [-0.3, -0.25) is 4.90 Å². The van der Waals surface area contributed by atoms with Crippen LogP contribution in [0.1, 0.15) is 49.5 Å². The maximum absolute atomic E-state index is 5.95. The molecule has 1 aliphatic rings. The molecule has 1 saturated heterocycles. The summed E-state index contributed by atoms with van der Waals surface area (Å²) in [5, 5.41) is 7.49. The molecular formula is C18H27ClN4O2. The topological polar surface area (TPSA) is 63.4 Å². The highest BCUT2D eigenvalue weighted by Crippen LogP contribution is 2.29. The minimum atomic E-state index is 0. The molecule has 7 heteroatoms. The summed E-state index contributed by atoms with van der Waals surface area (Å²) in [7, 11) is 2.08. The summed E-state index contributed by atoms with van der Waals surface area (Å²) in [5.41, 5.74) is 1.22. The van der Waals surface area contributed by atoms with Crippen LogP contribution in [0.25, 0.3) is 0 Å². The van der Waals surface area contributed by atoms with E-state index in [4.69, 9.17) is 9.26 Å². The fraction of sp³-hybridized carbons (Fsp3) is 0.556. The Morgan fingerprint density at radius 1 is 1.40 bits per heavy atom. The van der Waals surface area contributed by atoms with Crippen LogP contribution in [0, 0.1) is 0 Å². The van der Waals surface area contributed by atoms with Crippen molar-refractivity contribution in [2.24, 2.45) is 0 Å². The van der Waals surface area contributed by atoms with Crippen LogP contribution in [-0.4, -0.2) is 41.7 Å². The van der Waals surface area contributed by atoms with E-state index in [1.165, 1.54) is 5.56 Å². The van der Waals surface area contributed by atoms with Crippen molar-refractivity contribution in [2.45, 2.75) is 38.8 Å². The summed E-state index contributed by atoms with van der Waals surface area (Å²) in [5.74, 6) is 2.59. The van der Waals surface area contributed by atoms with E-state index in [1.54, 1.807) is 0 Å². The molecular weight excluding hydrogens is 340 g/mol. The highest BCUT2D eigenvalue weighted by atomic mass is 35.5. The lowest BCUT2D eigenvalue weighted by atomic mass is 9.98. The van der Waals surface area contributed by atoms with Crippen LogP contribution in [0.2, 0.25) is 0 Å². The van der Waals surface area contributed by atoms with E-state index in [1.807, 2.05) is 18.2 Å². The Morgan fingerprint density at radius 2 is 2.20 bits per heavy atom. The Kier molecular flexibility index (Phi) is 7.23. The Labute approximate surface area is 155 Å². The third-order valence-electron chi connectivity index (χ3n) is 4.71. The number of halogens is 1. The molecule has 0 bridgehead atoms. The number of benzene rings is 1. The van der Waals surface area contributed by atoms with Crippen molar-refractivity contribution in [2.75, 3.05) is 26.7 Å². The first-order chi connectivity index (χ1) is 11.7. The number of hydrogen-bond donors (Lipinski definition) is 1. The zero-order valence-corrected chi connectivity index (χ0v) is 15.9. The second-order valence-corrected chi connectivity index (χ2v) is 6.38. The van der Waals surface area contributed by atoms with E-state index in [-0.39, 0.29) is 18.4 Å². The van der Waals surface area contributed by atoms with Gasteiger partial charge in [0.05, 0.1) is 6.04 Å². The number of nitrogens with one attached hydrogen (secondary N) is 1. The van der Waals surface area contributed by atoms with Crippen molar-refractivity contribution < 1.29 is 9.26 Å². The average molecular weight is 367 g/mol. The number of likely N-dealkylation sites (N-methyl/N-ethyl adjacent to an activating group) is 1. The highest BCUT2D eigenvalue weighted by molar-refractivity contribution is 5.85. The molecule has 0 spiro atoms. The van der Waals surface area contributed by atoms with Crippen molar-refractivity contribution in [1.82, 2.24) is 20.4 Å². The van der Waals surface area contributed by atoms with Crippen LogP contribution in [-0.2, 0) is 6.61 Å². The lowest BCUT2D eigenvalue weighted by molar-refractivity contribution is 0.189. The van der Waals surface area contributed by atoms with Gasteiger partial charge < -0.3 is 14.6 Å². The fourth-order valence-electron chi connectivity index (χ4n) is 2.93. The molecule has 6 nitrogen and oxygen atoms in total. The Balaban J connectivity index is 0.00000225. The minimum absolute atomic E-state index is 0. The van der Waals surface area contributed by atoms with Gasteiger partial charge in [0.15, 0.2) is 12.4 Å². The number of nitrogens with zero attached hydrogens (tertiary/aromatic N) is 3. The normalized spacial score (nSPS) is 19.2. The third-order valence-corrected chi connectivity index (χ3v) is 4.71. The fourth-order valence-corrected chi connectivity index (χ4v) is 2.93. The lowest BCUT2D eigenvalue weighted by Gasteiger charge is -2.30. The van der Waals surface area contributed by atoms with Crippen molar-refractivity contribution in [3.8, 4) is 5.75 Å². The largest absolute Gasteiger partial charge is 0.483 e. The average Bonchev–Trinajstić information content (AvgIpc) is 3.08. The molecule has 138 valence electrons. The predicted molar refractivity (Wildman–Crippen MR) is 99.3 cm³/mol. The first-order valence-electron chi connectivity index (χ1n) is 8.64. The molecule has 0 amide bonds. The quantitative estimate of drug-likeness (QED) is 0.847. The van der Waals surface area contributed by atoms with Crippen LogP contribution in [0.3, 0.4) is 0 Å². The van der Waals surface area contributed by atoms with E-state index in [0.717, 1.165) is 37.6 Å². The van der Waals surface area contributed by atoms with E-state index < -0.39 is 0 Å². The van der Waals surface area contributed by atoms with Crippen molar-refractivity contribution in [3.05, 3.63) is 41.5 Å². The Morgan fingerprint density at radius 3 is 2.96 bits per heavy atom. The molecule has 3 rings (SSSR count). The van der Waals surface area contributed by atoms with Crippen molar-refractivity contribution in [3.63, 3.8) is 0 Å². The van der Waals surface area contributed by atoms with Crippen molar-refractivity contribution >= 4 is 12.4 Å². The van der Waals surface area contributed by atoms with E-state index in [9.17, 15) is 0 Å². The van der Waals surface area contributed by atoms with E-state index in [2.05, 4.69) is 47.3 Å².